The summed E-state index contributed by atoms with van der Waals surface area (Å²) in [5.74, 6) is -1.04. The van der Waals surface area contributed by atoms with Gasteiger partial charge in [-0.25, -0.2) is 4.79 Å². The molecule has 1 aliphatic rings. The number of carbonyl (C=O) groups is 2. The number of hydrogen-bond acceptors (Lipinski definition) is 3. The molecule has 1 rings (SSSR count). The first-order valence-corrected chi connectivity index (χ1v) is 6.81. The van der Waals surface area contributed by atoms with Crippen molar-refractivity contribution in [3.05, 3.63) is 0 Å². The molecular formula is C13H24N2O4. The lowest BCUT2D eigenvalue weighted by Crippen LogP contribution is -2.49. The van der Waals surface area contributed by atoms with Gasteiger partial charge in [0.15, 0.2) is 0 Å². The van der Waals surface area contributed by atoms with E-state index in [9.17, 15) is 9.59 Å². The van der Waals surface area contributed by atoms with Crippen LogP contribution >= 0.6 is 0 Å². The van der Waals surface area contributed by atoms with E-state index in [0.29, 0.717) is 5.92 Å². The largest absolute Gasteiger partial charge is 0.481 e. The van der Waals surface area contributed by atoms with Gasteiger partial charge in [-0.05, 0) is 19.3 Å². The summed E-state index contributed by atoms with van der Waals surface area (Å²) in [7, 11) is 0. The Morgan fingerprint density at radius 1 is 1.37 bits per heavy atom. The minimum absolute atomic E-state index is 0.0700. The first-order valence-electron chi connectivity index (χ1n) is 6.81. The van der Waals surface area contributed by atoms with E-state index in [4.69, 9.17) is 9.84 Å². The molecule has 0 aromatic heterocycles. The Bertz CT molecular complexity index is 322. The van der Waals surface area contributed by atoms with E-state index < -0.39 is 17.9 Å². The van der Waals surface area contributed by atoms with Gasteiger partial charge in [0.1, 0.15) is 5.92 Å². The van der Waals surface area contributed by atoms with Crippen LogP contribution in [-0.2, 0) is 9.53 Å². The molecule has 1 aliphatic heterocycles. The highest BCUT2D eigenvalue weighted by atomic mass is 16.5. The van der Waals surface area contributed by atoms with Crippen molar-refractivity contribution in [2.45, 2.75) is 45.7 Å². The number of carboxylic acid groups (broad SMARTS) is 1. The highest BCUT2D eigenvalue weighted by Crippen LogP contribution is 2.14. The van der Waals surface area contributed by atoms with E-state index in [-0.39, 0.29) is 25.3 Å². The Morgan fingerprint density at radius 3 is 2.63 bits per heavy atom. The van der Waals surface area contributed by atoms with Gasteiger partial charge in [0.25, 0.3) is 0 Å². The van der Waals surface area contributed by atoms with Crippen LogP contribution in [0.2, 0.25) is 0 Å². The van der Waals surface area contributed by atoms with Crippen LogP contribution < -0.4 is 10.6 Å². The van der Waals surface area contributed by atoms with Gasteiger partial charge in [0.2, 0.25) is 0 Å². The van der Waals surface area contributed by atoms with E-state index in [1.165, 1.54) is 0 Å². The Balaban J connectivity index is 2.36. The monoisotopic (exact) mass is 272 g/mol. The average molecular weight is 272 g/mol. The van der Waals surface area contributed by atoms with Crippen LogP contribution in [0.4, 0.5) is 4.79 Å². The average Bonchev–Trinajstić information content (AvgIpc) is 2.76. The van der Waals surface area contributed by atoms with E-state index in [2.05, 4.69) is 24.5 Å². The van der Waals surface area contributed by atoms with Gasteiger partial charge >= 0.3 is 12.0 Å². The van der Waals surface area contributed by atoms with Crippen LogP contribution in [0.25, 0.3) is 0 Å². The molecule has 0 aromatic carbocycles. The van der Waals surface area contributed by atoms with Gasteiger partial charge in [0.05, 0.1) is 19.3 Å². The third-order valence-corrected chi connectivity index (χ3v) is 3.54. The third kappa shape index (κ3) is 5.06. The SMILES string of the molecule is CCC(C)CC(C)NC(=O)NC1COCC1C(=O)O. The molecule has 1 heterocycles. The molecule has 6 heteroatoms. The summed E-state index contributed by atoms with van der Waals surface area (Å²) in [6, 6.07) is -0.702. The van der Waals surface area contributed by atoms with Gasteiger partial charge in [-0.3, -0.25) is 4.79 Å². The van der Waals surface area contributed by atoms with Crippen LogP contribution in [0.1, 0.15) is 33.6 Å². The molecule has 0 radical (unpaired) electrons. The molecule has 3 N–H and O–H groups in total. The fourth-order valence-corrected chi connectivity index (χ4v) is 2.20. The normalized spacial score (nSPS) is 25.6. The molecule has 0 bridgehead atoms. The number of aliphatic carboxylic acids is 1. The zero-order chi connectivity index (χ0) is 14.4. The van der Waals surface area contributed by atoms with Crippen molar-refractivity contribution in [2.75, 3.05) is 13.2 Å². The zero-order valence-electron chi connectivity index (χ0n) is 11.8. The van der Waals surface area contributed by atoms with E-state index in [0.717, 1.165) is 12.8 Å². The van der Waals surface area contributed by atoms with Crippen molar-refractivity contribution in [2.24, 2.45) is 11.8 Å². The molecule has 4 atom stereocenters. The number of amides is 2. The number of hydrogen-bond donors (Lipinski definition) is 3. The van der Waals surface area contributed by atoms with Crippen molar-refractivity contribution in [1.29, 1.82) is 0 Å². The van der Waals surface area contributed by atoms with E-state index >= 15 is 0 Å². The maximum absolute atomic E-state index is 11.8. The lowest BCUT2D eigenvalue weighted by molar-refractivity contribution is -0.142. The van der Waals surface area contributed by atoms with Gasteiger partial charge < -0.3 is 20.5 Å². The number of nitrogens with one attached hydrogen (secondary N) is 2. The molecule has 6 nitrogen and oxygen atoms in total. The number of urea groups is 1. The lowest BCUT2D eigenvalue weighted by atomic mass is 10.0. The van der Waals surface area contributed by atoms with Gasteiger partial charge in [-0.15, -0.1) is 0 Å². The summed E-state index contributed by atoms with van der Waals surface area (Å²) in [5.41, 5.74) is 0. The Morgan fingerprint density at radius 2 is 2.05 bits per heavy atom. The first kappa shape index (κ1) is 15.8. The van der Waals surface area contributed by atoms with Crippen LogP contribution in [0, 0.1) is 11.8 Å². The van der Waals surface area contributed by atoms with E-state index in [1.807, 2.05) is 6.92 Å². The van der Waals surface area contributed by atoms with Gasteiger partial charge in [-0.1, -0.05) is 20.3 Å². The predicted octanol–water partition coefficient (Wildman–Crippen LogP) is 1.21. The van der Waals surface area contributed by atoms with Crippen molar-refractivity contribution >= 4 is 12.0 Å². The Kier molecular flexibility index (Phi) is 6.08. The fourth-order valence-electron chi connectivity index (χ4n) is 2.20. The highest BCUT2D eigenvalue weighted by Gasteiger charge is 2.35. The van der Waals surface area contributed by atoms with Crippen molar-refractivity contribution in [3.63, 3.8) is 0 Å². The Labute approximate surface area is 113 Å². The van der Waals surface area contributed by atoms with Crippen molar-refractivity contribution in [3.8, 4) is 0 Å². The summed E-state index contributed by atoms with van der Waals surface area (Å²) in [6.45, 7) is 6.62. The minimum Gasteiger partial charge on any atom is -0.481 e. The van der Waals surface area contributed by atoms with Crippen molar-refractivity contribution in [1.82, 2.24) is 10.6 Å². The molecule has 0 saturated carbocycles. The molecular weight excluding hydrogens is 248 g/mol. The molecule has 110 valence electrons. The molecule has 4 unspecified atom stereocenters. The fraction of sp³-hybridized carbons (Fsp3) is 0.846. The molecule has 1 fully saturated rings. The number of carboxylic acids is 1. The number of rotatable bonds is 6. The molecule has 2 amide bonds. The third-order valence-electron chi connectivity index (χ3n) is 3.54. The van der Waals surface area contributed by atoms with Crippen LogP contribution in [0.3, 0.4) is 0 Å². The van der Waals surface area contributed by atoms with Crippen molar-refractivity contribution < 1.29 is 19.4 Å². The predicted molar refractivity (Wildman–Crippen MR) is 70.9 cm³/mol. The summed E-state index contributed by atoms with van der Waals surface area (Å²) < 4.78 is 5.10. The molecule has 0 spiro atoms. The molecule has 0 aliphatic carbocycles. The molecule has 1 saturated heterocycles. The topological polar surface area (TPSA) is 87.7 Å². The standard InChI is InChI=1S/C13H24N2O4/c1-4-8(2)5-9(3)14-13(18)15-11-7-19-6-10(11)12(16)17/h8-11H,4-7H2,1-3H3,(H,16,17)(H2,14,15,18). The minimum atomic E-state index is -0.935. The smallest absolute Gasteiger partial charge is 0.315 e. The number of carbonyl (C=O) groups excluding carboxylic acids is 1. The maximum atomic E-state index is 11.8. The summed E-state index contributed by atoms with van der Waals surface area (Å²) in [5, 5.41) is 14.5. The van der Waals surface area contributed by atoms with E-state index in [1.54, 1.807) is 0 Å². The summed E-state index contributed by atoms with van der Waals surface area (Å²) >= 11 is 0. The van der Waals surface area contributed by atoms with Gasteiger partial charge in [-0.2, -0.15) is 0 Å². The highest BCUT2D eigenvalue weighted by molar-refractivity contribution is 5.77. The maximum Gasteiger partial charge on any atom is 0.315 e. The first-order chi connectivity index (χ1) is 8.93. The van der Waals surface area contributed by atoms with Crippen LogP contribution in [0.5, 0.6) is 0 Å². The molecule has 19 heavy (non-hydrogen) atoms. The van der Waals surface area contributed by atoms with Gasteiger partial charge in [0, 0.05) is 6.04 Å². The summed E-state index contributed by atoms with van der Waals surface area (Å²) in [4.78, 5) is 22.7. The van der Waals surface area contributed by atoms with Crippen LogP contribution in [0.15, 0.2) is 0 Å². The Hall–Kier alpha value is -1.30. The summed E-state index contributed by atoms with van der Waals surface area (Å²) in [6.07, 6.45) is 1.98. The quantitative estimate of drug-likeness (QED) is 0.678. The second kappa shape index (κ2) is 7.33. The van der Waals surface area contributed by atoms with Crippen LogP contribution in [-0.4, -0.2) is 42.4 Å². The lowest BCUT2D eigenvalue weighted by Gasteiger charge is -2.20. The molecule has 0 aromatic rings. The second-order valence-corrected chi connectivity index (χ2v) is 5.36. The second-order valence-electron chi connectivity index (χ2n) is 5.36. The number of ether oxygens (including phenoxy) is 1. The zero-order valence-corrected chi connectivity index (χ0v) is 11.8.